The van der Waals surface area contributed by atoms with E-state index in [-0.39, 0.29) is 5.54 Å². The molecule has 2 aliphatic heterocycles. The molecular weight excluding hydrogens is 226 g/mol. The van der Waals surface area contributed by atoms with Crippen molar-refractivity contribution in [3.63, 3.8) is 0 Å². The quantitative estimate of drug-likeness (QED) is 0.778. The average Bonchev–Trinajstić information content (AvgIpc) is 2.40. The van der Waals surface area contributed by atoms with Gasteiger partial charge < -0.3 is 15.4 Å². The highest BCUT2D eigenvalue weighted by Gasteiger charge is 2.39. The predicted molar refractivity (Wildman–Crippen MR) is 74.9 cm³/mol. The molecule has 2 unspecified atom stereocenters. The number of hydrogen-bond acceptors (Lipinski definition) is 4. The molecule has 0 amide bonds. The van der Waals surface area contributed by atoms with Crippen LogP contribution in [0.1, 0.15) is 27.7 Å². The highest BCUT2D eigenvalue weighted by Crippen LogP contribution is 2.24. The first-order valence-corrected chi connectivity index (χ1v) is 7.32. The summed E-state index contributed by atoms with van der Waals surface area (Å²) in [4.78, 5) is 2.56. The van der Waals surface area contributed by atoms with Crippen molar-refractivity contribution in [2.45, 2.75) is 45.4 Å². The Morgan fingerprint density at radius 2 is 1.89 bits per heavy atom. The molecule has 2 heterocycles. The predicted octanol–water partition coefficient (Wildman–Crippen LogP) is 0.683. The summed E-state index contributed by atoms with van der Waals surface area (Å²) >= 11 is 0. The molecule has 0 aromatic carbocycles. The molecule has 0 saturated carbocycles. The molecule has 2 atom stereocenters. The maximum atomic E-state index is 6.15. The van der Waals surface area contributed by atoms with Crippen LogP contribution in [0.3, 0.4) is 0 Å². The lowest BCUT2D eigenvalue weighted by molar-refractivity contribution is -0.0905. The van der Waals surface area contributed by atoms with Crippen molar-refractivity contribution in [2.24, 2.45) is 5.92 Å². The van der Waals surface area contributed by atoms with Crippen molar-refractivity contribution < 1.29 is 4.74 Å². The van der Waals surface area contributed by atoms with Gasteiger partial charge in [0.15, 0.2) is 0 Å². The van der Waals surface area contributed by atoms with Gasteiger partial charge in [-0.2, -0.15) is 0 Å². The van der Waals surface area contributed by atoms with Crippen LogP contribution in [0, 0.1) is 5.92 Å². The lowest BCUT2D eigenvalue weighted by atomic mass is 9.91. The van der Waals surface area contributed by atoms with Gasteiger partial charge in [-0.1, -0.05) is 13.8 Å². The van der Waals surface area contributed by atoms with Crippen LogP contribution in [0.25, 0.3) is 0 Å². The monoisotopic (exact) mass is 255 g/mol. The number of nitrogens with zero attached hydrogens (tertiary/aromatic N) is 1. The molecule has 0 spiro atoms. The van der Waals surface area contributed by atoms with Crippen LogP contribution in [0.15, 0.2) is 0 Å². The van der Waals surface area contributed by atoms with E-state index in [0.717, 1.165) is 39.3 Å². The first-order valence-electron chi connectivity index (χ1n) is 7.32. The summed E-state index contributed by atoms with van der Waals surface area (Å²) in [5, 5.41) is 7.06. The summed E-state index contributed by atoms with van der Waals surface area (Å²) in [6.07, 6.45) is 0.297. The summed E-state index contributed by atoms with van der Waals surface area (Å²) in [5.74, 6) is 0.647. The van der Waals surface area contributed by atoms with Gasteiger partial charge >= 0.3 is 0 Å². The van der Waals surface area contributed by atoms with Gasteiger partial charge in [-0.05, 0) is 19.8 Å². The van der Waals surface area contributed by atoms with Gasteiger partial charge in [-0.25, -0.2) is 0 Å². The second-order valence-electron chi connectivity index (χ2n) is 6.47. The van der Waals surface area contributed by atoms with Crippen molar-refractivity contribution in [3.8, 4) is 0 Å². The second-order valence-corrected chi connectivity index (χ2v) is 6.47. The molecule has 2 fully saturated rings. The molecule has 0 aromatic heterocycles. The molecule has 106 valence electrons. The summed E-state index contributed by atoms with van der Waals surface area (Å²) in [6, 6.07) is 0.514. The Hall–Kier alpha value is -0.160. The molecule has 0 aliphatic carbocycles. The van der Waals surface area contributed by atoms with Crippen molar-refractivity contribution in [1.82, 2.24) is 15.5 Å². The summed E-state index contributed by atoms with van der Waals surface area (Å²) in [5.41, 5.74) is 0.122. The van der Waals surface area contributed by atoms with Crippen LogP contribution in [0.2, 0.25) is 0 Å². The summed E-state index contributed by atoms with van der Waals surface area (Å²) in [6.45, 7) is 15.4. The largest absolute Gasteiger partial charge is 0.373 e. The Balaban J connectivity index is 1.90. The number of rotatable bonds is 3. The molecule has 2 N–H and O–H groups in total. The molecule has 2 rings (SSSR count). The van der Waals surface area contributed by atoms with Gasteiger partial charge in [0, 0.05) is 44.3 Å². The maximum Gasteiger partial charge on any atom is 0.0878 e. The normalized spacial score (nSPS) is 31.8. The summed E-state index contributed by atoms with van der Waals surface area (Å²) in [7, 11) is 0. The highest BCUT2D eigenvalue weighted by molar-refractivity contribution is 4.95. The van der Waals surface area contributed by atoms with Gasteiger partial charge in [0.2, 0.25) is 0 Å². The third kappa shape index (κ3) is 3.05. The van der Waals surface area contributed by atoms with Crippen molar-refractivity contribution in [2.75, 3.05) is 39.3 Å². The minimum Gasteiger partial charge on any atom is -0.373 e. The number of morpholine rings is 1. The van der Waals surface area contributed by atoms with Gasteiger partial charge in [0.25, 0.3) is 0 Å². The Labute approximate surface area is 111 Å². The fourth-order valence-corrected chi connectivity index (χ4v) is 2.92. The molecule has 2 saturated heterocycles. The standard InChI is InChI=1S/C14H29N3O/c1-11(2)12-10-18-13(9-16-12)14(3,4)17-7-5-15-6-8-17/h11-13,15-16H,5-10H2,1-4H3. The van der Waals surface area contributed by atoms with E-state index >= 15 is 0 Å². The fraction of sp³-hybridized carbons (Fsp3) is 1.00. The van der Waals surface area contributed by atoms with E-state index in [0.29, 0.717) is 18.1 Å². The first kappa shape index (κ1) is 14.3. The van der Waals surface area contributed by atoms with Crippen LogP contribution in [0.4, 0.5) is 0 Å². The Morgan fingerprint density at radius 3 is 2.39 bits per heavy atom. The van der Waals surface area contributed by atoms with Gasteiger partial charge in [-0.15, -0.1) is 0 Å². The van der Waals surface area contributed by atoms with E-state index in [4.69, 9.17) is 4.74 Å². The molecule has 0 aromatic rings. The molecular formula is C14H29N3O. The van der Waals surface area contributed by atoms with Crippen LogP contribution < -0.4 is 10.6 Å². The third-order valence-electron chi connectivity index (χ3n) is 4.57. The van der Waals surface area contributed by atoms with E-state index in [2.05, 4.69) is 43.2 Å². The number of ether oxygens (including phenoxy) is 1. The van der Waals surface area contributed by atoms with Gasteiger partial charge in [-0.3, -0.25) is 4.90 Å². The number of nitrogens with one attached hydrogen (secondary N) is 2. The summed E-state index contributed by atoms with van der Waals surface area (Å²) < 4.78 is 6.15. The van der Waals surface area contributed by atoms with E-state index in [1.807, 2.05) is 0 Å². The topological polar surface area (TPSA) is 36.5 Å². The van der Waals surface area contributed by atoms with E-state index in [1.54, 1.807) is 0 Å². The lowest BCUT2D eigenvalue weighted by Crippen LogP contribution is -2.64. The Morgan fingerprint density at radius 1 is 1.22 bits per heavy atom. The molecule has 4 heteroatoms. The maximum absolute atomic E-state index is 6.15. The van der Waals surface area contributed by atoms with E-state index < -0.39 is 0 Å². The molecule has 4 nitrogen and oxygen atoms in total. The zero-order chi connectivity index (χ0) is 13.2. The van der Waals surface area contributed by atoms with Crippen LogP contribution in [-0.2, 0) is 4.74 Å². The minimum absolute atomic E-state index is 0.122. The van der Waals surface area contributed by atoms with Gasteiger partial charge in [0.1, 0.15) is 0 Å². The SMILES string of the molecule is CC(C)C1COC(C(C)(C)N2CCNCC2)CN1. The third-order valence-corrected chi connectivity index (χ3v) is 4.57. The fourth-order valence-electron chi connectivity index (χ4n) is 2.92. The minimum atomic E-state index is 0.122. The van der Waals surface area contributed by atoms with Gasteiger partial charge in [0.05, 0.1) is 12.7 Å². The Bertz CT molecular complexity index is 254. The Kier molecular flexibility index (Phi) is 4.64. The molecule has 18 heavy (non-hydrogen) atoms. The van der Waals surface area contributed by atoms with Crippen LogP contribution in [0.5, 0.6) is 0 Å². The highest BCUT2D eigenvalue weighted by atomic mass is 16.5. The zero-order valence-corrected chi connectivity index (χ0v) is 12.3. The van der Waals surface area contributed by atoms with Crippen LogP contribution >= 0.6 is 0 Å². The average molecular weight is 255 g/mol. The number of hydrogen-bond donors (Lipinski definition) is 2. The lowest BCUT2D eigenvalue weighted by Gasteiger charge is -2.48. The van der Waals surface area contributed by atoms with E-state index in [1.165, 1.54) is 0 Å². The van der Waals surface area contributed by atoms with E-state index in [9.17, 15) is 0 Å². The molecule has 0 bridgehead atoms. The smallest absolute Gasteiger partial charge is 0.0878 e. The van der Waals surface area contributed by atoms with Crippen molar-refractivity contribution in [3.05, 3.63) is 0 Å². The second kappa shape index (κ2) is 5.87. The van der Waals surface area contributed by atoms with Crippen molar-refractivity contribution >= 4 is 0 Å². The first-order chi connectivity index (χ1) is 8.51. The zero-order valence-electron chi connectivity index (χ0n) is 12.3. The number of piperazine rings is 1. The molecule has 2 aliphatic rings. The van der Waals surface area contributed by atoms with Crippen LogP contribution in [-0.4, -0.2) is 61.9 Å². The van der Waals surface area contributed by atoms with Crippen molar-refractivity contribution in [1.29, 1.82) is 0 Å². The molecule has 0 radical (unpaired) electrons.